The van der Waals surface area contributed by atoms with E-state index in [0.717, 1.165) is 24.2 Å². The van der Waals surface area contributed by atoms with Crippen molar-refractivity contribution in [1.29, 1.82) is 0 Å². The normalized spacial score (nSPS) is 12.6. The van der Waals surface area contributed by atoms with E-state index in [4.69, 9.17) is 0 Å². The third-order valence-corrected chi connectivity index (χ3v) is 3.25. The fourth-order valence-corrected chi connectivity index (χ4v) is 2.23. The van der Waals surface area contributed by atoms with Crippen molar-refractivity contribution in [1.82, 2.24) is 10.3 Å². The zero-order valence-electron chi connectivity index (χ0n) is 10.5. The molecule has 1 aromatic heterocycles. The van der Waals surface area contributed by atoms with Crippen LogP contribution in [0.15, 0.2) is 42.7 Å². The Labute approximate surface area is 111 Å². The van der Waals surface area contributed by atoms with Crippen LogP contribution in [0.2, 0.25) is 0 Å². The Morgan fingerprint density at radius 1 is 1.37 bits per heavy atom. The van der Waals surface area contributed by atoms with Crippen LogP contribution >= 0.6 is 0 Å². The number of carbonyl (C=O) groups is 1. The van der Waals surface area contributed by atoms with Gasteiger partial charge in [0.25, 0.3) is 5.91 Å². The maximum Gasteiger partial charge on any atom is 0.251 e. The van der Waals surface area contributed by atoms with Crippen LogP contribution < -0.4 is 10.6 Å². The first kappa shape index (κ1) is 11.7. The number of benzene rings is 1. The van der Waals surface area contributed by atoms with Crippen LogP contribution in [-0.4, -0.2) is 17.4 Å². The number of pyridine rings is 1. The molecule has 0 fully saturated rings. The van der Waals surface area contributed by atoms with Gasteiger partial charge in [-0.2, -0.15) is 0 Å². The number of amides is 1. The van der Waals surface area contributed by atoms with Crippen LogP contribution in [0.3, 0.4) is 0 Å². The van der Waals surface area contributed by atoms with Gasteiger partial charge in [-0.3, -0.25) is 9.78 Å². The molecule has 0 unspecified atom stereocenters. The molecule has 1 aliphatic rings. The minimum Gasteiger partial charge on any atom is -0.384 e. The molecule has 0 spiro atoms. The quantitative estimate of drug-likeness (QED) is 0.879. The Bertz CT molecular complexity index is 596. The predicted octanol–water partition coefficient (Wildman–Crippen LogP) is 1.98. The van der Waals surface area contributed by atoms with Crippen LogP contribution in [0.5, 0.6) is 0 Å². The fourth-order valence-electron chi connectivity index (χ4n) is 2.23. The number of nitrogens with zero attached hydrogens (tertiary/aromatic N) is 1. The highest BCUT2D eigenvalue weighted by atomic mass is 16.1. The molecule has 0 saturated heterocycles. The lowest BCUT2D eigenvalue weighted by Gasteiger charge is -2.06. The second kappa shape index (κ2) is 5.10. The summed E-state index contributed by atoms with van der Waals surface area (Å²) >= 11 is 0. The summed E-state index contributed by atoms with van der Waals surface area (Å²) in [5, 5.41) is 6.19. The van der Waals surface area contributed by atoms with E-state index in [1.54, 1.807) is 12.4 Å². The van der Waals surface area contributed by atoms with Crippen LogP contribution in [0, 0.1) is 0 Å². The van der Waals surface area contributed by atoms with E-state index in [2.05, 4.69) is 15.6 Å². The number of nitrogens with one attached hydrogen (secondary N) is 2. The minimum atomic E-state index is -0.0430. The van der Waals surface area contributed by atoms with E-state index in [-0.39, 0.29) is 5.91 Å². The number of rotatable bonds is 3. The molecule has 0 bridgehead atoms. The van der Waals surface area contributed by atoms with Gasteiger partial charge in [-0.05, 0) is 41.8 Å². The summed E-state index contributed by atoms with van der Waals surface area (Å²) in [6, 6.07) is 9.60. The molecule has 1 amide bonds. The molecule has 4 nitrogen and oxygen atoms in total. The molecule has 0 atom stereocenters. The Hall–Kier alpha value is -2.36. The highest BCUT2D eigenvalue weighted by Crippen LogP contribution is 2.22. The van der Waals surface area contributed by atoms with E-state index < -0.39 is 0 Å². The Morgan fingerprint density at radius 3 is 3.16 bits per heavy atom. The van der Waals surface area contributed by atoms with Gasteiger partial charge in [-0.1, -0.05) is 6.07 Å². The maximum absolute atomic E-state index is 12.1. The van der Waals surface area contributed by atoms with Crippen molar-refractivity contribution in [3.05, 3.63) is 59.4 Å². The zero-order valence-corrected chi connectivity index (χ0v) is 10.5. The molecular formula is C15H15N3O. The van der Waals surface area contributed by atoms with Gasteiger partial charge in [-0.25, -0.2) is 0 Å². The van der Waals surface area contributed by atoms with Gasteiger partial charge in [0.15, 0.2) is 0 Å². The first-order valence-electron chi connectivity index (χ1n) is 6.37. The predicted molar refractivity (Wildman–Crippen MR) is 74.0 cm³/mol. The van der Waals surface area contributed by atoms with E-state index in [0.29, 0.717) is 12.1 Å². The third-order valence-electron chi connectivity index (χ3n) is 3.25. The number of anilines is 1. The molecule has 3 rings (SSSR count). The zero-order chi connectivity index (χ0) is 13.1. The van der Waals surface area contributed by atoms with Gasteiger partial charge in [0.1, 0.15) is 0 Å². The maximum atomic E-state index is 12.1. The van der Waals surface area contributed by atoms with Gasteiger partial charge < -0.3 is 10.6 Å². The lowest BCUT2D eigenvalue weighted by Crippen LogP contribution is -2.22. The van der Waals surface area contributed by atoms with Crippen molar-refractivity contribution in [3.8, 4) is 0 Å². The lowest BCUT2D eigenvalue weighted by atomic mass is 10.1. The Balaban J connectivity index is 1.67. The summed E-state index contributed by atoms with van der Waals surface area (Å²) in [4.78, 5) is 16.1. The number of carbonyl (C=O) groups excluding carboxylic acids is 1. The van der Waals surface area contributed by atoms with Gasteiger partial charge >= 0.3 is 0 Å². The van der Waals surface area contributed by atoms with E-state index in [9.17, 15) is 4.79 Å². The number of hydrogen-bond acceptors (Lipinski definition) is 3. The van der Waals surface area contributed by atoms with Gasteiger partial charge in [0.2, 0.25) is 0 Å². The van der Waals surface area contributed by atoms with Crippen molar-refractivity contribution in [3.63, 3.8) is 0 Å². The van der Waals surface area contributed by atoms with Crippen molar-refractivity contribution < 1.29 is 4.79 Å². The van der Waals surface area contributed by atoms with E-state index in [1.807, 2.05) is 30.3 Å². The molecule has 2 aromatic rings. The molecule has 1 aromatic carbocycles. The standard InChI is InChI=1S/C15H15N3O/c19-15(18-10-11-2-1-6-16-9-11)13-3-4-14-12(8-13)5-7-17-14/h1-4,6,8-9,17H,5,7,10H2,(H,18,19). The van der Waals surface area contributed by atoms with Gasteiger partial charge in [0, 0.05) is 36.7 Å². The first-order valence-corrected chi connectivity index (χ1v) is 6.37. The van der Waals surface area contributed by atoms with Crippen LogP contribution in [0.4, 0.5) is 5.69 Å². The first-order chi connectivity index (χ1) is 9.33. The molecule has 96 valence electrons. The number of hydrogen-bond donors (Lipinski definition) is 2. The molecular weight excluding hydrogens is 238 g/mol. The molecule has 2 heterocycles. The largest absolute Gasteiger partial charge is 0.384 e. The smallest absolute Gasteiger partial charge is 0.251 e. The molecule has 0 aliphatic carbocycles. The molecule has 2 N–H and O–H groups in total. The molecule has 4 heteroatoms. The van der Waals surface area contributed by atoms with E-state index >= 15 is 0 Å². The average molecular weight is 253 g/mol. The molecule has 0 saturated carbocycles. The summed E-state index contributed by atoms with van der Waals surface area (Å²) < 4.78 is 0. The second-order valence-electron chi connectivity index (χ2n) is 4.59. The van der Waals surface area contributed by atoms with Gasteiger partial charge in [0.05, 0.1) is 0 Å². The van der Waals surface area contributed by atoms with Crippen molar-refractivity contribution in [2.24, 2.45) is 0 Å². The molecule has 1 aliphatic heterocycles. The monoisotopic (exact) mass is 253 g/mol. The second-order valence-corrected chi connectivity index (χ2v) is 4.59. The van der Waals surface area contributed by atoms with Crippen molar-refractivity contribution in [2.45, 2.75) is 13.0 Å². The minimum absolute atomic E-state index is 0.0430. The summed E-state index contributed by atoms with van der Waals surface area (Å²) in [5.41, 5.74) is 4.07. The average Bonchev–Trinajstić information content (AvgIpc) is 2.93. The third kappa shape index (κ3) is 2.57. The summed E-state index contributed by atoms with van der Waals surface area (Å²) in [6.07, 6.45) is 4.46. The van der Waals surface area contributed by atoms with Crippen LogP contribution in [-0.2, 0) is 13.0 Å². The van der Waals surface area contributed by atoms with Crippen LogP contribution in [0.25, 0.3) is 0 Å². The molecule has 19 heavy (non-hydrogen) atoms. The number of aromatic nitrogens is 1. The van der Waals surface area contributed by atoms with Crippen LogP contribution in [0.1, 0.15) is 21.5 Å². The number of fused-ring (bicyclic) bond motifs is 1. The highest BCUT2D eigenvalue weighted by Gasteiger charge is 2.13. The Kier molecular flexibility index (Phi) is 3.14. The van der Waals surface area contributed by atoms with Gasteiger partial charge in [-0.15, -0.1) is 0 Å². The summed E-state index contributed by atoms with van der Waals surface area (Å²) in [5.74, 6) is -0.0430. The summed E-state index contributed by atoms with van der Waals surface area (Å²) in [7, 11) is 0. The molecule has 0 radical (unpaired) electrons. The van der Waals surface area contributed by atoms with E-state index in [1.165, 1.54) is 5.56 Å². The highest BCUT2D eigenvalue weighted by molar-refractivity contribution is 5.95. The topological polar surface area (TPSA) is 54.0 Å². The SMILES string of the molecule is O=C(NCc1cccnc1)c1ccc2c(c1)CCN2. The lowest BCUT2D eigenvalue weighted by molar-refractivity contribution is 0.0951. The summed E-state index contributed by atoms with van der Waals surface area (Å²) in [6.45, 7) is 1.46. The Morgan fingerprint density at radius 2 is 2.32 bits per heavy atom. The van der Waals surface area contributed by atoms with Crippen molar-refractivity contribution in [2.75, 3.05) is 11.9 Å². The fraction of sp³-hybridized carbons (Fsp3) is 0.200. The van der Waals surface area contributed by atoms with Crippen molar-refractivity contribution >= 4 is 11.6 Å².